The fraction of sp³-hybridized carbons (Fsp3) is 0.567. The van der Waals surface area contributed by atoms with Crippen molar-refractivity contribution in [1.82, 2.24) is 4.90 Å². The van der Waals surface area contributed by atoms with Crippen LogP contribution in [-0.2, 0) is 17.6 Å². The van der Waals surface area contributed by atoms with E-state index >= 15 is 0 Å². The standard InChI is InChI=1S/C30H40N2O2/c1-20-9-6-10-21(2)27(20)30(34)32-18-8-15-26(28(32)23-11-4-3-5-12-23)29(33)31-25-17-16-22-13-7-14-24(22)19-25/h6,9-10,16-17,19,23,26,28,30,34H,3-5,7-8,11-15,18H2,1-2H3,(H,31,33). The molecule has 4 nitrogen and oxygen atoms in total. The Hall–Kier alpha value is -2.17. The van der Waals surface area contributed by atoms with Crippen molar-refractivity contribution in [1.29, 1.82) is 0 Å². The number of aliphatic hydroxyl groups is 1. The predicted octanol–water partition coefficient (Wildman–Crippen LogP) is 6.08. The summed E-state index contributed by atoms with van der Waals surface area (Å²) in [5.41, 5.74) is 7.01. The van der Waals surface area contributed by atoms with E-state index in [9.17, 15) is 9.90 Å². The van der Waals surface area contributed by atoms with Gasteiger partial charge in [0.25, 0.3) is 0 Å². The number of hydrogen-bond acceptors (Lipinski definition) is 3. The van der Waals surface area contributed by atoms with Gasteiger partial charge in [-0.1, -0.05) is 43.5 Å². The summed E-state index contributed by atoms with van der Waals surface area (Å²) in [6, 6.07) is 12.8. The molecule has 2 aromatic carbocycles. The third-order valence-corrected chi connectivity index (χ3v) is 8.68. The Morgan fingerprint density at radius 1 is 0.941 bits per heavy atom. The minimum Gasteiger partial charge on any atom is -0.374 e. The number of aryl methyl sites for hydroxylation is 4. The number of piperidine rings is 1. The van der Waals surface area contributed by atoms with Crippen molar-refractivity contribution in [3.63, 3.8) is 0 Å². The largest absolute Gasteiger partial charge is 0.374 e. The first-order valence-electron chi connectivity index (χ1n) is 13.5. The molecule has 2 aromatic rings. The molecule has 3 aliphatic rings. The second-order valence-corrected chi connectivity index (χ2v) is 10.9. The van der Waals surface area contributed by atoms with Gasteiger partial charge in [0, 0.05) is 23.8 Å². The first-order chi connectivity index (χ1) is 16.5. The van der Waals surface area contributed by atoms with E-state index in [1.54, 1.807) is 0 Å². The molecule has 182 valence electrons. The van der Waals surface area contributed by atoms with E-state index in [4.69, 9.17) is 0 Å². The summed E-state index contributed by atoms with van der Waals surface area (Å²) in [6.07, 6.45) is 10.7. The molecular weight excluding hydrogens is 420 g/mol. The summed E-state index contributed by atoms with van der Waals surface area (Å²) in [5.74, 6) is 0.500. The van der Waals surface area contributed by atoms with Gasteiger partial charge in [-0.3, -0.25) is 9.69 Å². The highest BCUT2D eigenvalue weighted by Crippen LogP contribution is 2.41. The maximum atomic E-state index is 13.7. The minimum atomic E-state index is -0.663. The minimum absolute atomic E-state index is 0.0810. The summed E-state index contributed by atoms with van der Waals surface area (Å²) < 4.78 is 0. The second-order valence-electron chi connectivity index (χ2n) is 10.9. The zero-order valence-corrected chi connectivity index (χ0v) is 20.9. The van der Waals surface area contributed by atoms with Gasteiger partial charge >= 0.3 is 0 Å². The van der Waals surface area contributed by atoms with Gasteiger partial charge in [-0.15, -0.1) is 0 Å². The zero-order chi connectivity index (χ0) is 23.7. The van der Waals surface area contributed by atoms with Crippen molar-refractivity contribution in [2.24, 2.45) is 11.8 Å². The van der Waals surface area contributed by atoms with Crippen LogP contribution in [0.25, 0.3) is 0 Å². The van der Waals surface area contributed by atoms with Crippen molar-refractivity contribution in [3.8, 4) is 0 Å². The van der Waals surface area contributed by atoms with Crippen LogP contribution in [0.4, 0.5) is 5.69 Å². The summed E-state index contributed by atoms with van der Waals surface area (Å²) in [4.78, 5) is 16.0. The molecule has 1 heterocycles. The highest BCUT2D eigenvalue weighted by Gasteiger charge is 2.43. The fourth-order valence-corrected chi connectivity index (χ4v) is 6.98. The topological polar surface area (TPSA) is 52.6 Å². The smallest absolute Gasteiger partial charge is 0.229 e. The van der Waals surface area contributed by atoms with E-state index in [0.717, 1.165) is 67.4 Å². The van der Waals surface area contributed by atoms with Gasteiger partial charge in [-0.05, 0) is 99.1 Å². The highest BCUT2D eigenvalue weighted by atomic mass is 16.3. The molecule has 0 aromatic heterocycles. The number of aliphatic hydroxyl groups excluding tert-OH is 1. The summed E-state index contributed by atoms with van der Waals surface area (Å²) in [6.45, 7) is 5.02. The molecule has 4 heteroatoms. The average molecular weight is 461 g/mol. The van der Waals surface area contributed by atoms with Gasteiger partial charge in [-0.2, -0.15) is 0 Å². The normalized spacial score (nSPS) is 24.6. The lowest BCUT2D eigenvalue weighted by atomic mass is 9.74. The number of fused-ring (bicyclic) bond motifs is 1. The number of likely N-dealkylation sites (tertiary alicyclic amines) is 1. The lowest BCUT2D eigenvalue weighted by molar-refractivity contribution is -0.132. The van der Waals surface area contributed by atoms with E-state index in [2.05, 4.69) is 60.5 Å². The maximum Gasteiger partial charge on any atom is 0.229 e. The molecule has 0 spiro atoms. The van der Waals surface area contributed by atoms with Crippen LogP contribution in [0.3, 0.4) is 0 Å². The van der Waals surface area contributed by atoms with Crippen LogP contribution in [-0.4, -0.2) is 28.5 Å². The molecule has 1 amide bonds. The van der Waals surface area contributed by atoms with E-state index < -0.39 is 6.23 Å². The van der Waals surface area contributed by atoms with Crippen LogP contribution in [0.5, 0.6) is 0 Å². The van der Waals surface area contributed by atoms with Crippen LogP contribution in [0.1, 0.15) is 85.4 Å². The highest BCUT2D eigenvalue weighted by molar-refractivity contribution is 5.93. The quantitative estimate of drug-likeness (QED) is 0.568. The first kappa shape index (κ1) is 23.6. The number of nitrogens with one attached hydrogen (secondary N) is 1. The molecule has 0 radical (unpaired) electrons. The van der Waals surface area contributed by atoms with Crippen LogP contribution >= 0.6 is 0 Å². The van der Waals surface area contributed by atoms with E-state index in [1.165, 1.54) is 36.8 Å². The monoisotopic (exact) mass is 460 g/mol. The SMILES string of the molecule is Cc1cccc(C)c1C(O)N1CCCC(C(=O)Nc2ccc3c(c2)CCC3)C1C1CCCCC1. The van der Waals surface area contributed by atoms with Gasteiger partial charge in [-0.25, -0.2) is 0 Å². The van der Waals surface area contributed by atoms with Gasteiger partial charge in [0.1, 0.15) is 6.23 Å². The van der Waals surface area contributed by atoms with Gasteiger partial charge < -0.3 is 10.4 Å². The maximum absolute atomic E-state index is 13.7. The number of carbonyl (C=O) groups is 1. The molecule has 2 aliphatic carbocycles. The van der Waals surface area contributed by atoms with E-state index in [-0.39, 0.29) is 17.9 Å². The Morgan fingerprint density at radius 2 is 1.68 bits per heavy atom. The Morgan fingerprint density at radius 3 is 2.44 bits per heavy atom. The lowest BCUT2D eigenvalue weighted by Gasteiger charge is -2.48. The van der Waals surface area contributed by atoms with Crippen LogP contribution in [0.2, 0.25) is 0 Å². The Labute approximate surface area is 204 Å². The Balaban J connectivity index is 1.42. The number of hydrogen-bond donors (Lipinski definition) is 2. The lowest BCUT2D eigenvalue weighted by Crippen LogP contribution is -2.54. The third kappa shape index (κ3) is 4.67. The molecule has 0 bridgehead atoms. The van der Waals surface area contributed by atoms with Gasteiger partial charge in [0.15, 0.2) is 0 Å². The molecule has 2 fully saturated rings. The Bertz CT molecular complexity index is 1010. The van der Waals surface area contributed by atoms with Crippen molar-refractivity contribution < 1.29 is 9.90 Å². The third-order valence-electron chi connectivity index (χ3n) is 8.68. The van der Waals surface area contributed by atoms with E-state index in [1.807, 2.05) is 0 Å². The number of benzene rings is 2. The average Bonchev–Trinajstić information content (AvgIpc) is 3.32. The van der Waals surface area contributed by atoms with Gasteiger partial charge in [0.2, 0.25) is 5.91 Å². The fourth-order valence-electron chi connectivity index (χ4n) is 6.98. The number of amides is 1. The van der Waals surface area contributed by atoms with Crippen molar-refractivity contribution in [2.75, 3.05) is 11.9 Å². The number of carbonyl (C=O) groups excluding carboxylic acids is 1. The molecular formula is C30H40N2O2. The molecule has 5 rings (SSSR count). The van der Waals surface area contributed by atoms with Crippen LogP contribution < -0.4 is 5.32 Å². The van der Waals surface area contributed by atoms with Crippen molar-refractivity contribution in [3.05, 3.63) is 64.2 Å². The number of rotatable bonds is 5. The molecule has 3 unspecified atom stereocenters. The zero-order valence-electron chi connectivity index (χ0n) is 20.9. The van der Waals surface area contributed by atoms with Crippen molar-refractivity contribution in [2.45, 2.75) is 90.3 Å². The molecule has 34 heavy (non-hydrogen) atoms. The first-order valence-corrected chi connectivity index (χ1v) is 13.5. The van der Waals surface area contributed by atoms with Crippen LogP contribution in [0, 0.1) is 25.7 Å². The molecule has 1 saturated heterocycles. The molecule has 3 atom stereocenters. The van der Waals surface area contributed by atoms with Crippen molar-refractivity contribution >= 4 is 11.6 Å². The summed E-state index contributed by atoms with van der Waals surface area (Å²) in [5, 5.41) is 15.0. The molecule has 2 N–H and O–H groups in total. The molecule has 1 saturated carbocycles. The summed E-state index contributed by atoms with van der Waals surface area (Å²) >= 11 is 0. The number of anilines is 1. The Kier molecular flexibility index (Phi) is 7.08. The number of nitrogens with zero attached hydrogens (tertiary/aromatic N) is 1. The van der Waals surface area contributed by atoms with E-state index in [0.29, 0.717) is 5.92 Å². The molecule has 1 aliphatic heterocycles. The predicted molar refractivity (Wildman–Crippen MR) is 138 cm³/mol. The second kappa shape index (κ2) is 10.2. The summed E-state index contributed by atoms with van der Waals surface area (Å²) in [7, 11) is 0. The van der Waals surface area contributed by atoms with Crippen LogP contribution in [0.15, 0.2) is 36.4 Å². The van der Waals surface area contributed by atoms with Gasteiger partial charge in [0.05, 0.1) is 5.92 Å².